The monoisotopic (exact) mass is 490 g/mol. The lowest BCUT2D eigenvalue weighted by molar-refractivity contribution is -0.126. The van der Waals surface area contributed by atoms with Crippen LogP contribution in [0.25, 0.3) is 0 Å². The Morgan fingerprint density at radius 1 is 1.09 bits per heavy atom. The summed E-state index contributed by atoms with van der Waals surface area (Å²) in [6.07, 6.45) is 4.34. The molecule has 2 aromatic rings. The summed E-state index contributed by atoms with van der Waals surface area (Å²) in [6.45, 7) is 2.81. The minimum Gasteiger partial charge on any atom is -0.385 e. The molecule has 1 aliphatic heterocycles. The van der Waals surface area contributed by atoms with E-state index < -0.39 is 21.0 Å². The van der Waals surface area contributed by atoms with Gasteiger partial charge in [0.2, 0.25) is 15.9 Å². The summed E-state index contributed by atoms with van der Waals surface area (Å²) in [5.74, 6) is 0.0312. The van der Waals surface area contributed by atoms with Gasteiger partial charge >= 0.3 is 0 Å². The molecule has 2 fully saturated rings. The van der Waals surface area contributed by atoms with Crippen LogP contribution in [0.4, 0.5) is 5.69 Å². The Hall–Kier alpha value is -1.93. The Labute approximate surface area is 201 Å². The number of sulfonamides is 1. The maximum absolute atomic E-state index is 13.5. The molecule has 0 bridgehead atoms. The average molecular weight is 491 g/mol. The smallest absolute Gasteiger partial charge is 0.244 e. The van der Waals surface area contributed by atoms with Crippen molar-refractivity contribution in [3.05, 3.63) is 59.1 Å². The molecule has 8 heteroatoms. The van der Waals surface area contributed by atoms with E-state index in [9.17, 15) is 18.3 Å². The highest BCUT2D eigenvalue weighted by molar-refractivity contribution is 7.89. The normalized spacial score (nSPS) is 22.6. The number of halogens is 1. The van der Waals surface area contributed by atoms with Gasteiger partial charge in [0, 0.05) is 25.8 Å². The van der Waals surface area contributed by atoms with Crippen LogP contribution in [0.3, 0.4) is 0 Å². The summed E-state index contributed by atoms with van der Waals surface area (Å²) in [5.41, 5.74) is 0.393. The molecule has 0 spiro atoms. The SMILES string of the molecule is CCC1(CCN(C)S(=O)(=O)c2ccccc2Cl)CCN(c2ccc(C3(O)CCC3)cc2)C1=O. The first-order valence-corrected chi connectivity index (χ1v) is 13.3. The summed E-state index contributed by atoms with van der Waals surface area (Å²) in [6, 6.07) is 14.0. The van der Waals surface area contributed by atoms with E-state index in [4.69, 9.17) is 11.6 Å². The lowest BCUT2D eigenvalue weighted by Gasteiger charge is -2.37. The van der Waals surface area contributed by atoms with Crippen molar-refractivity contribution in [1.29, 1.82) is 0 Å². The Balaban J connectivity index is 1.46. The first kappa shape index (κ1) is 24.2. The summed E-state index contributed by atoms with van der Waals surface area (Å²) in [5, 5.41) is 10.7. The highest BCUT2D eigenvalue weighted by Crippen LogP contribution is 2.43. The molecule has 2 aromatic carbocycles. The zero-order chi connectivity index (χ0) is 23.9. The average Bonchev–Trinajstić information content (AvgIpc) is 3.12. The van der Waals surface area contributed by atoms with Crippen molar-refractivity contribution in [3.63, 3.8) is 0 Å². The van der Waals surface area contributed by atoms with Crippen LogP contribution in [-0.4, -0.2) is 43.9 Å². The maximum Gasteiger partial charge on any atom is 0.244 e. The van der Waals surface area contributed by atoms with Gasteiger partial charge in [0.15, 0.2) is 0 Å². The first-order chi connectivity index (χ1) is 15.6. The van der Waals surface area contributed by atoms with Gasteiger partial charge < -0.3 is 10.0 Å². The van der Waals surface area contributed by atoms with Crippen LogP contribution in [0.2, 0.25) is 5.02 Å². The summed E-state index contributed by atoms with van der Waals surface area (Å²) in [7, 11) is -2.21. The topological polar surface area (TPSA) is 77.9 Å². The van der Waals surface area contributed by atoms with Crippen LogP contribution in [0.5, 0.6) is 0 Å². The number of nitrogens with zero attached hydrogens (tertiary/aromatic N) is 2. The molecule has 0 radical (unpaired) electrons. The number of amides is 1. The minimum atomic E-state index is -3.74. The van der Waals surface area contributed by atoms with Crippen LogP contribution in [0.1, 0.15) is 51.0 Å². The maximum atomic E-state index is 13.5. The van der Waals surface area contributed by atoms with E-state index in [1.807, 2.05) is 31.2 Å². The third-order valence-corrected chi connectivity index (χ3v) is 9.87. The third-order valence-electron chi connectivity index (χ3n) is 7.52. The molecule has 1 aliphatic carbocycles. The predicted molar refractivity (Wildman–Crippen MR) is 130 cm³/mol. The zero-order valence-electron chi connectivity index (χ0n) is 19.1. The van der Waals surface area contributed by atoms with Crippen LogP contribution in [0, 0.1) is 5.41 Å². The van der Waals surface area contributed by atoms with Crippen molar-refractivity contribution >= 4 is 33.2 Å². The van der Waals surface area contributed by atoms with Gasteiger partial charge in [-0.15, -0.1) is 0 Å². The number of carbonyl (C=O) groups is 1. The van der Waals surface area contributed by atoms with E-state index in [0.29, 0.717) is 25.8 Å². The Morgan fingerprint density at radius 2 is 1.76 bits per heavy atom. The Bertz CT molecular complexity index is 1130. The van der Waals surface area contributed by atoms with E-state index in [0.717, 1.165) is 30.5 Å². The molecule has 4 rings (SSSR count). The lowest BCUT2D eigenvalue weighted by Crippen LogP contribution is -2.38. The predicted octanol–water partition coefficient (Wildman–Crippen LogP) is 4.56. The standard InChI is InChI=1S/C25H31ClN2O4S/c1-3-24(15-17-27(2)33(31,32)22-8-5-4-7-21(22)26)16-18-28(23(24)29)20-11-9-19(10-12-20)25(30)13-6-14-25/h4-5,7-12,30H,3,6,13-18H2,1-2H3. The number of anilines is 1. The van der Waals surface area contributed by atoms with Gasteiger partial charge in [-0.3, -0.25) is 4.79 Å². The van der Waals surface area contributed by atoms with Gasteiger partial charge in [-0.25, -0.2) is 12.7 Å². The van der Waals surface area contributed by atoms with Crippen molar-refractivity contribution in [2.75, 3.05) is 25.0 Å². The zero-order valence-corrected chi connectivity index (χ0v) is 20.7. The number of benzene rings is 2. The third kappa shape index (κ3) is 4.32. The van der Waals surface area contributed by atoms with Gasteiger partial charge in [0.25, 0.3) is 0 Å². The summed E-state index contributed by atoms with van der Waals surface area (Å²) in [4.78, 5) is 15.4. The second-order valence-corrected chi connectivity index (χ2v) is 11.7. The molecule has 1 unspecified atom stereocenters. The van der Waals surface area contributed by atoms with Gasteiger partial charge in [0.1, 0.15) is 4.90 Å². The van der Waals surface area contributed by atoms with Gasteiger partial charge in [0.05, 0.1) is 16.0 Å². The summed E-state index contributed by atoms with van der Waals surface area (Å²) >= 11 is 6.11. The van der Waals surface area contributed by atoms with Gasteiger partial charge in [-0.2, -0.15) is 0 Å². The first-order valence-electron chi connectivity index (χ1n) is 11.5. The molecular weight excluding hydrogens is 460 g/mol. The van der Waals surface area contributed by atoms with E-state index in [1.165, 1.54) is 17.4 Å². The highest BCUT2D eigenvalue weighted by Gasteiger charge is 2.46. The van der Waals surface area contributed by atoms with E-state index in [2.05, 4.69) is 0 Å². The molecule has 6 nitrogen and oxygen atoms in total. The van der Waals surface area contributed by atoms with Crippen molar-refractivity contribution in [2.24, 2.45) is 5.41 Å². The Kier molecular flexibility index (Phi) is 6.62. The number of carbonyl (C=O) groups excluding carboxylic acids is 1. The molecule has 1 heterocycles. The number of aliphatic hydroxyl groups is 1. The van der Waals surface area contributed by atoms with E-state index >= 15 is 0 Å². The molecule has 1 saturated carbocycles. The minimum absolute atomic E-state index is 0.0312. The van der Waals surface area contributed by atoms with Crippen LogP contribution in [0.15, 0.2) is 53.4 Å². The molecule has 1 atom stereocenters. The van der Waals surface area contributed by atoms with Gasteiger partial charge in [-0.05, 0) is 68.4 Å². The molecule has 1 saturated heterocycles. The molecule has 33 heavy (non-hydrogen) atoms. The van der Waals surface area contributed by atoms with Crippen LogP contribution >= 0.6 is 11.6 Å². The molecule has 2 aliphatic rings. The van der Waals surface area contributed by atoms with E-state index in [-0.39, 0.29) is 22.4 Å². The van der Waals surface area contributed by atoms with Gasteiger partial charge in [-0.1, -0.05) is 42.8 Å². The highest BCUT2D eigenvalue weighted by atomic mass is 35.5. The van der Waals surface area contributed by atoms with Crippen LogP contribution in [-0.2, 0) is 20.4 Å². The number of rotatable bonds is 8. The molecular formula is C25H31ClN2O4S. The molecule has 1 amide bonds. The largest absolute Gasteiger partial charge is 0.385 e. The van der Waals surface area contributed by atoms with E-state index in [1.54, 1.807) is 23.1 Å². The van der Waals surface area contributed by atoms with Crippen LogP contribution < -0.4 is 4.90 Å². The molecule has 1 N–H and O–H groups in total. The number of hydrogen-bond donors (Lipinski definition) is 1. The fourth-order valence-electron chi connectivity index (χ4n) is 4.87. The fourth-order valence-corrected chi connectivity index (χ4v) is 6.53. The lowest BCUT2D eigenvalue weighted by atomic mass is 9.75. The van der Waals surface area contributed by atoms with Crippen molar-refractivity contribution in [3.8, 4) is 0 Å². The second kappa shape index (κ2) is 9.02. The van der Waals surface area contributed by atoms with Crippen molar-refractivity contribution < 1.29 is 18.3 Å². The summed E-state index contributed by atoms with van der Waals surface area (Å²) < 4.78 is 27.3. The van der Waals surface area contributed by atoms with Crippen molar-refractivity contribution in [1.82, 2.24) is 4.31 Å². The number of hydrogen-bond acceptors (Lipinski definition) is 4. The van der Waals surface area contributed by atoms with Crippen molar-refractivity contribution in [2.45, 2.75) is 55.9 Å². The second-order valence-electron chi connectivity index (χ2n) is 9.28. The Morgan fingerprint density at radius 3 is 2.33 bits per heavy atom. The molecule has 0 aromatic heterocycles. The molecule has 178 valence electrons. The fraction of sp³-hybridized carbons (Fsp3) is 0.480. The quantitative estimate of drug-likeness (QED) is 0.588.